The second-order valence-electron chi connectivity index (χ2n) is 5.97. The molecule has 1 aliphatic heterocycles. The minimum absolute atomic E-state index is 0.0500. The van der Waals surface area contributed by atoms with Crippen molar-refractivity contribution in [3.63, 3.8) is 0 Å². The maximum absolute atomic E-state index is 12.5. The van der Waals surface area contributed by atoms with Gasteiger partial charge < -0.3 is 9.80 Å². The monoisotopic (exact) mass is 356 g/mol. The van der Waals surface area contributed by atoms with E-state index in [9.17, 15) is 9.59 Å². The predicted molar refractivity (Wildman–Crippen MR) is 93.0 cm³/mol. The van der Waals surface area contributed by atoms with Crippen LogP contribution >= 0.6 is 23.2 Å². The van der Waals surface area contributed by atoms with Gasteiger partial charge in [0.05, 0.1) is 0 Å². The first-order valence-electron chi connectivity index (χ1n) is 7.96. The molecule has 0 spiro atoms. The van der Waals surface area contributed by atoms with Crippen LogP contribution in [0.4, 0.5) is 0 Å². The predicted octanol–water partition coefficient (Wildman–Crippen LogP) is 3.71. The fourth-order valence-electron chi connectivity index (χ4n) is 2.86. The van der Waals surface area contributed by atoms with Crippen molar-refractivity contribution in [2.75, 3.05) is 26.2 Å². The van der Waals surface area contributed by atoms with E-state index in [1.54, 1.807) is 23.1 Å². The Kier molecular flexibility index (Phi) is 6.31. The molecule has 2 amide bonds. The molecule has 1 saturated heterocycles. The zero-order valence-electron chi connectivity index (χ0n) is 13.5. The fourth-order valence-corrected chi connectivity index (χ4v) is 3.38. The Morgan fingerprint density at radius 1 is 1.04 bits per heavy atom. The summed E-state index contributed by atoms with van der Waals surface area (Å²) in [6, 6.07) is 4.85. The Labute approximate surface area is 147 Å². The molecule has 6 heteroatoms. The summed E-state index contributed by atoms with van der Waals surface area (Å²) >= 11 is 11.9. The Hall–Kier alpha value is -1.26. The molecule has 126 valence electrons. The molecule has 0 aromatic heterocycles. The minimum atomic E-state index is -0.0943. The summed E-state index contributed by atoms with van der Waals surface area (Å²) < 4.78 is 0. The topological polar surface area (TPSA) is 40.6 Å². The van der Waals surface area contributed by atoms with Gasteiger partial charge in [-0.2, -0.15) is 0 Å². The third-order valence-corrected chi connectivity index (χ3v) is 4.57. The van der Waals surface area contributed by atoms with Crippen molar-refractivity contribution >= 4 is 35.0 Å². The van der Waals surface area contributed by atoms with Crippen molar-refractivity contribution in [2.45, 2.75) is 26.7 Å². The van der Waals surface area contributed by atoms with E-state index in [0.717, 1.165) is 12.8 Å². The molecule has 1 aromatic carbocycles. The van der Waals surface area contributed by atoms with Crippen LogP contribution in [0.1, 0.15) is 37.0 Å². The fraction of sp³-hybridized carbons (Fsp3) is 0.529. The molecule has 0 saturated carbocycles. The van der Waals surface area contributed by atoms with Crippen LogP contribution in [0.3, 0.4) is 0 Å². The van der Waals surface area contributed by atoms with Gasteiger partial charge in [0.1, 0.15) is 0 Å². The molecule has 1 heterocycles. The molecule has 1 fully saturated rings. The van der Waals surface area contributed by atoms with E-state index in [-0.39, 0.29) is 17.7 Å². The van der Waals surface area contributed by atoms with Crippen LogP contribution in [0, 0.1) is 5.92 Å². The van der Waals surface area contributed by atoms with E-state index in [4.69, 9.17) is 23.2 Å². The van der Waals surface area contributed by atoms with Crippen LogP contribution in [0.25, 0.3) is 0 Å². The number of hydrogen-bond acceptors (Lipinski definition) is 2. The van der Waals surface area contributed by atoms with E-state index in [1.165, 1.54) is 0 Å². The van der Waals surface area contributed by atoms with Crippen molar-refractivity contribution in [2.24, 2.45) is 5.92 Å². The van der Waals surface area contributed by atoms with Gasteiger partial charge in [-0.3, -0.25) is 9.59 Å². The van der Waals surface area contributed by atoms with Crippen LogP contribution in [-0.4, -0.2) is 47.8 Å². The van der Waals surface area contributed by atoms with Crippen molar-refractivity contribution in [1.29, 1.82) is 0 Å². The third kappa shape index (κ3) is 4.61. The van der Waals surface area contributed by atoms with E-state index >= 15 is 0 Å². The van der Waals surface area contributed by atoms with Gasteiger partial charge in [0.15, 0.2) is 0 Å². The smallest absolute Gasteiger partial charge is 0.254 e. The first-order chi connectivity index (χ1) is 10.9. The van der Waals surface area contributed by atoms with Crippen molar-refractivity contribution in [1.82, 2.24) is 9.80 Å². The highest BCUT2D eigenvalue weighted by Crippen LogP contribution is 2.21. The highest BCUT2D eigenvalue weighted by atomic mass is 35.5. The summed E-state index contributed by atoms with van der Waals surface area (Å²) in [5.74, 6) is 0.141. The molecular formula is C17H22Cl2N2O2. The van der Waals surface area contributed by atoms with Crippen LogP contribution < -0.4 is 0 Å². The average Bonchev–Trinajstić information content (AvgIpc) is 2.53. The molecule has 23 heavy (non-hydrogen) atoms. The zero-order valence-corrected chi connectivity index (χ0v) is 15.0. The maximum atomic E-state index is 12.5. The van der Waals surface area contributed by atoms with Gasteiger partial charge in [-0.25, -0.2) is 0 Å². The minimum Gasteiger partial charge on any atom is -0.339 e. The Morgan fingerprint density at radius 3 is 2.09 bits per heavy atom. The summed E-state index contributed by atoms with van der Waals surface area (Å²) in [5, 5.41) is 0.895. The highest BCUT2D eigenvalue weighted by Gasteiger charge is 2.27. The largest absolute Gasteiger partial charge is 0.339 e. The quantitative estimate of drug-likeness (QED) is 0.824. The highest BCUT2D eigenvalue weighted by molar-refractivity contribution is 6.35. The maximum Gasteiger partial charge on any atom is 0.254 e. The normalized spacial score (nSPS) is 16.3. The number of rotatable bonds is 4. The number of benzene rings is 1. The Morgan fingerprint density at radius 2 is 1.57 bits per heavy atom. The van der Waals surface area contributed by atoms with Gasteiger partial charge in [-0.05, 0) is 24.6 Å². The molecule has 4 nitrogen and oxygen atoms in total. The number of amides is 2. The lowest BCUT2D eigenvalue weighted by molar-refractivity contribution is -0.136. The van der Waals surface area contributed by atoms with Crippen molar-refractivity contribution in [3.8, 4) is 0 Å². The first kappa shape index (κ1) is 18.1. The molecule has 0 radical (unpaired) electrons. The van der Waals surface area contributed by atoms with E-state index in [0.29, 0.717) is 41.8 Å². The summed E-state index contributed by atoms with van der Waals surface area (Å²) in [6.45, 7) is 6.27. The van der Waals surface area contributed by atoms with Crippen LogP contribution in [0.2, 0.25) is 10.0 Å². The molecule has 2 rings (SSSR count). The Balaban J connectivity index is 1.96. The van der Waals surface area contributed by atoms with Gasteiger partial charge in [0, 0.05) is 47.7 Å². The van der Waals surface area contributed by atoms with Gasteiger partial charge >= 0.3 is 0 Å². The number of piperazine rings is 1. The number of hydrogen-bond donors (Lipinski definition) is 0. The number of carbonyl (C=O) groups excluding carboxylic acids is 2. The summed E-state index contributed by atoms with van der Waals surface area (Å²) in [7, 11) is 0. The summed E-state index contributed by atoms with van der Waals surface area (Å²) in [4.78, 5) is 28.4. The van der Waals surface area contributed by atoms with E-state index in [2.05, 4.69) is 6.92 Å². The van der Waals surface area contributed by atoms with Crippen LogP contribution in [-0.2, 0) is 4.79 Å². The van der Waals surface area contributed by atoms with Crippen molar-refractivity contribution < 1.29 is 9.59 Å². The number of carbonyl (C=O) groups is 2. The lowest BCUT2D eigenvalue weighted by Crippen LogP contribution is -2.51. The molecule has 1 aromatic rings. The standard InChI is InChI=1S/C17H22Cl2N2O2/c1-3-4-12(2)16(22)20-5-7-21(8-6-20)17(23)13-9-14(18)11-15(19)10-13/h9-12H,3-8H2,1-2H3. The van der Waals surface area contributed by atoms with Gasteiger partial charge in [-0.15, -0.1) is 0 Å². The summed E-state index contributed by atoms with van der Waals surface area (Å²) in [6.07, 6.45) is 1.90. The van der Waals surface area contributed by atoms with Gasteiger partial charge in [0.2, 0.25) is 5.91 Å². The molecule has 1 atom stereocenters. The molecule has 1 aliphatic rings. The van der Waals surface area contributed by atoms with Gasteiger partial charge in [0.25, 0.3) is 5.91 Å². The molecular weight excluding hydrogens is 335 g/mol. The lowest BCUT2D eigenvalue weighted by Gasteiger charge is -2.36. The lowest BCUT2D eigenvalue weighted by atomic mass is 10.0. The van der Waals surface area contributed by atoms with Crippen LogP contribution in [0.15, 0.2) is 18.2 Å². The second-order valence-corrected chi connectivity index (χ2v) is 6.84. The number of nitrogens with zero attached hydrogens (tertiary/aromatic N) is 2. The average molecular weight is 357 g/mol. The Bertz CT molecular complexity index is 564. The molecule has 1 unspecified atom stereocenters. The SMILES string of the molecule is CCCC(C)C(=O)N1CCN(C(=O)c2cc(Cl)cc(Cl)c2)CC1. The van der Waals surface area contributed by atoms with Gasteiger partial charge in [-0.1, -0.05) is 43.5 Å². The molecule has 0 aliphatic carbocycles. The summed E-state index contributed by atoms with van der Waals surface area (Å²) in [5.41, 5.74) is 0.488. The third-order valence-electron chi connectivity index (χ3n) is 4.13. The van der Waals surface area contributed by atoms with Crippen LogP contribution in [0.5, 0.6) is 0 Å². The zero-order chi connectivity index (χ0) is 17.0. The molecule has 0 N–H and O–H groups in total. The second kappa shape index (κ2) is 8.02. The number of halogens is 2. The van der Waals surface area contributed by atoms with E-state index in [1.807, 2.05) is 11.8 Å². The molecule has 0 bridgehead atoms. The van der Waals surface area contributed by atoms with Crippen molar-refractivity contribution in [3.05, 3.63) is 33.8 Å². The first-order valence-corrected chi connectivity index (χ1v) is 8.72. The van der Waals surface area contributed by atoms with E-state index < -0.39 is 0 Å².